The maximum Gasteiger partial charge on any atom is 0.228 e. The molecule has 0 saturated heterocycles. The summed E-state index contributed by atoms with van der Waals surface area (Å²) in [6.45, 7) is 2.57. The van der Waals surface area contributed by atoms with Crippen LogP contribution in [-0.4, -0.2) is 31.3 Å². The summed E-state index contributed by atoms with van der Waals surface area (Å²) in [7, 11) is 1.80. The van der Waals surface area contributed by atoms with E-state index in [1.807, 2.05) is 13.0 Å². The number of fused-ring (bicyclic) bond motifs is 1. The van der Waals surface area contributed by atoms with Crippen molar-refractivity contribution in [2.45, 2.75) is 24.3 Å². The van der Waals surface area contributed by atoms with Gasteiger partial charge in [0.05, 0.1) is 5.69 Å². The maximum absolute atomic E-state index is 14.0. The van der Waals surface area contributed by atoms with Gasteiger partial charge in [-0.3, -0.25) is 4.79 Å². The van der Waals surface area contributed by atoms with E-state index in [4.69, 9.17) is 0 Å². The van der Waals surface area contributed by atoms with Crippen LogP contribution in [-0.2, 0) is 4.79 Å². The Kier molecular flexibility index (Phi) is 4.24. The molecule has 1 aromatic rings. The number of hydrogen-bond donors (Lipinski definition) is 1. The topological polar surface area (TPSA) is 32.3 Å². The Bertz CT molecular complexity index is 453. The Morgan fingerprint density at radius 2 is 2.39 bits per heavy atom. The van der Waals surface area contributed by atoms with Crippen LogP contribution >= 0.6 is 11.8 Å². The normalized spacial score (nSPS) is 18.6. The second kappa shape index (κ2) is 5.71. The second-order valence-corrected chi connectivity index (χ2v) is 5.43. The molecule has 0 radical (unpaired) electrons. The quantitative estimate of drug-likeness (QED) is 0.912. The van der Waals surface area contributed by atoms with Gasteiger partial charge in [0.1, 0.15) is 5.82 Å². The highest BCUT2D eigenvalue weighted by Gasteiger charge is 2.30. The van der Waals surface area contributed by atoms with Crippen molar-refractivity contribution in [1.82, 2.24) is 5.32 Å². The number of nitrogens with zero attached hydrogens (tertiary/aromatic N) is 1. The standard InChI is InChI=1S/C13H17FN2OS/c1-9-8-18-11-5-3-4-10(14)13(11)16(9)12(17)6-7-15-2/h3-5,9,15H,6-8H2,1-2H3. The molecule has 1 aliphatic rings. The lowest BCUT2D eigenvalue weighted by molar-refractivity contribution is -0.118. The first kappa shape index (κ1) is 13.4. The van der Waals surface area contributed by atoms with Gasteiger partial charge >= 0.3 is 0 Å². The number of carbonyl (C=O) groups excluding carboxylic acids is 1. The van der Waals surface area contributed by atoms with Gasteiger partial charge in [-0.1, -0.05) is 6.07 Å². The highest BCUT2D eigenvalue weighted by Crippen LogP contribution is 2.39. The van der Waals surface area contributed by atoms with E-state index in [0.717, 1.165) is 10.6 Å². The van der Waals surface area contributed by atoms with Gasteiger partial charge in [0.15, 0.2) is 0 Å². The first-order valence-corrected chi connectivity index (χ1v) is 7.01. The van der Waals surface area contributed by atoms with Gasteiger partial charge in [0.2, 0.25) is 5.91 Å². The molecule has 1 aromatic carbocycles. The molecule has 98 valence electrons. The summed E-state index contributed by atoms with van der Waals surface area (Å²) in [6.07, 6.45) is 0.388. The van der Waals surface area contributed by atoms with Crippen LogP contribution in [0.2, 0.25) is 0 Å². The minimum atomic E-state index is -0.315. The van der Waals surface area contributed by atoms with E-state index in [2.05, 4.69) is 5.32 Å². The fraction of sp³-hybridized carbons (Fsp3) is 0.462. The van der Waals surface area contributed by atoms with Crippen LogP contribution in [0.3, 0.4) is 0 Å². The van der Waals surface area contributed by atoms with Gasteiger partial charge in [-0.25, -0.2) is 4.39 Å². The van der Waals surface area contributed by atoms with E-state index in [1.54, 1.807) is 29.8 Å². The van der Waals surface area contributed by atoms with E-state index in [1.165, 1.54) is 6.07 Å². The van der Waals surface area contributed by atoms with Crippen molar-refractivity contribution in [3.8, 4) is 0 Å². The van der Waals surface area contributed by atoms with E-state index in [9.17, 15) is 9.18 Å². The number of anilines is 1. The zero-order valence-electron chi connectivity index (χ0n) is 10.6. The number of halogens is 1. The summed E-state index contributed by atoms with van der Waals surface area (Å²) in [5.41, 5.74) is 0.447. The van der Waals surface area contributed by atoms with Gasteiger partial charge in [0.25, 0.3) is 0 Å². The second-order valence-electron chi connectivity index (χ2n) is 4.36. The number of amides is 1. The SMILES string of the molecule is CNCCC(=O)N1c2c(F)cccc2SCC1C. The zero-order chi connectivity index (χ0) is 13.1. The van der Waals surface area contributed by atoms with Crippen molar-refractivity contribution in [2.75, 3.05) is 24.2 Å². The highest BCUT2D eigenvalue weighted by atomic mass is 32.2. The van der Waals surface area contributed by atoms with Crippen molar-refractivity contribution in [1.29, 1.82) is 0 Å². The molecule has 1 unspecified atom stereocenters. The third-order valence-electron chi connectivity index (χ3n) is 2.97. The van der Waals surface area contributed by atoms with Crippen LogP contribution in [0, 0.1) is 5.82 Å². The molecule has 0 spiro atoms. The van der Waals surface area contributed by atoms with E-state index in [-0.39, 0.29) is 17.8 Å². The lowest BCUT2D eigenvalue weighted by Gasteiger charge is -2.35. The average molecular weight is 268 g/mol. The van der Waals surface area contributed by atoms with Crippen molar-refractivity contribution in [3.05, 3.63) is 24.0 Å². The molecule has 1 heterocycles. The van der Waals surface area contributed by atoms with Crippen molar-refractivity contribution < 1.29 is 9.18 Å². The van der Waals surface area contributed by atoms with Crippen LogP contribution in [0.25, 0.3) is 0 Å². The Labute approximate surface area is 111 Å². The predicted molar refractivity (Wildman–Crippen MR) is 72.6 cm³/mol. The Morgan fingerprint density at radius 3 is 3.11 bits per heavy atom. The number of carbonyl (C=O) groups is 1. The van der Waals surface area contributed by atoms with Gasteiger partial charge in [-0.05, 0) is 26.1 Å². The van der Waals surface area contributed by atoms with E-state index >= 15 is 0 Å². The number of para-hydroxylation sites is 1. The van der Waals surface area contributed by atoms with Crippen LogP contribution in [0.4, 0.5) is 10.1 Å². The molecule has 1 N–H and O–H groups in total. The minimum Gasteiger partial charge on any atom is -0.319 e. The summed E-state index contributed by atoms with van der Waals surface area (Å²) >= 11 is 1.61. The minimum absolute atomic E-state index is 0.0245. The summed E-state index contributed by atoms with van der Waals surface area (Å²) in [6, 6.07) is 5.00. The van der Waals surface area contributed by atoms with Gasteiger partial charge < -0.3 is 10.2 Å². The Hall–Kier alpha value is -1.07. The third kappa shape index (κ3) is 2.52. The summed E-state index contributed by atoms with van der Waals surface area (Å²) < 4.78 is 14.0. The monoisotopic (exact) mass is 268 g/mol. The lowest BCUT2D eigenvalue weighted by atomic mass is 10.2. The summed E-state index contributed by atoms with van der Waals surface area (Å²) in [5.74, 6) is 0.467. The van der Waals surface area contributed by atoms with Crippen LogP contribution in [0.1, 0.15) is 13.3 Å². The Morgan fingerprint density at radius 1 is 1.61 bits per heavy atom. The number of rotatable bonds is 3. The first-order chi connectivity index (χ1) is 8.65. The largest absolute Gasteiger partial charge is 0.319 e. The smallest absolute Gasteiger partial charge is 0.228 e. The molecule has 3 nitrogen and oxygen atoms in total. The molecule has 0 fully saturated rings. The number of thioether (sulfide) groups is 1. The molecule has 18 heavy (non-hydrogen) atoms. The number of hydrogen-bond acceptors (Lipinski definition) is 3. The highest BCUT2D eigenvalue weighted by molar-refractivity contribution is 7.99. The van der Waals surface area contributed by atoms with Crippen LogP contribution in [0.15, 0.2) is 23.1 Å². The zero-order valence-corrected chi connectivity index (χ0v) is 11.4. The average Bonchev–Trinajstić information content (AvgIpc) is 2.36. The fourth-order valence-electron chi connectivity index (χ4n) is 2.07. The molecular weight excluding hydrogens is 251 g/mol. The molecule has 0 bridgehead atoms. The van der Waals surface area contributed by atoms with Crippen molar-refractivity contribution >= 4 is 23.4 Å². The van der Waals surface area contributed by atoms with Crippen molar-refractivity contribution in [3.63, 3.8) is 0 Å². The molecule has 0 aromatic heterocycles. The molecule has 1 atom stereocenters. The third-order valence-corrected chi connectivity index (χ3v) is 4.26. The van der Waals surface area contributed by atoms with E-state index < -0.39 is 0 Å². The molecule has 5 heteroatoms. The van der Waals surface area contributed by atoms with Gasteiger partial charge in [0, 0.05) is 29.7 Å². The Balaban J connectivity index is 2.32. The maximum atomic E-state index is 14.0. The fourth-order valence-corrected chi connectivity index (χ4v) is 3.15. The number of nitrogens with one attached hydrogen (secondary N) is 1. The number of benzene rings is 1. The summed E-state index contributed by atoms with van der Waals surface area (Å²) in [5, 5.41) is 2.94. The van der Waals surface area contributed by atoms with Gasteiger partial charge in [-0.2, -0.15) is 0 Å². The molecule has 0 saturated carbocycles. The first-order valence-electron chi connectivity index (χ1n) is 6.03. The predicted octanol–water partition coefficient (Wildman–Crippen LogP) is 2.26. The van der Waals surface area contributed by atoms with Crippen molar-refractivity contribution in [2.24, 2.45) is 0 Å². The van der Waals surface area contributed by atoms with Gasteiger partial charge in [-0.15, -0.1) is 11.8 Å². The van der Waals surface area contributed by atoms with Crippen LogP contribution in [0.5, 0.6) is 0 Å². The van der Waals surface area contributed by atoms with Crippen LogP contribution < -0.4 is 10.2 Å². The molecular formula is C13H17FN2OS. The molecule has 2 rings (SSSR count). The molecule has 1 amide bonds. The summed E-state index contributed by atoms with van der Waals surface area (Å²) in [4.78, 5) is 14.7. The molecule has 0 aliphatic carbocycles. The van der Waals surface area contributed by atoms with E-state index in [0.29, 0.717) is 18.7 Å². The molecule has 1 aliphatic heterocycles. The lowest BCUT2D eigenvalue weighted by Crippen LogP contribution is -2.43.